The van der Waals surface area contributed by atoms with Crippen LogP contribution in [0.5, 0.6) is 0 Å². The molecule has 0 amide bonds. The second kappa shape index (κ2) is 9.26. The van der Waals surface area contributed by atoms with Gasteiger partial charge in [-0.15, -0.1) is 11.3 Å². The van der Waals surface area contributed by atoms with Crippen LogP contribution < -0.4 is 4.80 Å². The molecule has 0 bridgehead atoms. The average molecular weight is 444 g/mol. The molecule has 1 aliphatic heterocycles. The Morgan fingerprint density at radius 1 is 1.07 bits per heavy atom. The van der Waals surface area contributed by atoms with Crippen molar-refractivity contribution in [3.05, 3.63) is 64.8 Å². The van der Waals surface area contributed by atoms with Crippen molar-refractivity contribution in [2.45, 2.75) is 24.8 Å². The molecule has 158 valence electrons. The van der Waals surface area contributed by atoms with Crippen LogP contribution in [-0.4, -0.2) is 43.6 Å². The number of morpholine rings is 1. The highest BCUT2D eigenvalue weighted by Gasteiger charge is 2.26. The smallest absolute Gasteiger partial charge is 0.243 e. The number of hydrogen-bond donors (Lipinski definition) is 0. The molecule has 1 aromatic heterocycles. The van der Waals surface area contributed by atoms with E-state index in [0.717, 1.165) is 34.7 Å². The van der Waals surface area contributed by atoms with E-state index in [0.29, 0.717) is 31.2 Å². The van der Waals surface area contributed by atoms with Crippen molar-refractivity contribution in [1.82, 2.24) is 8.87 Å². The standard InChI is InChI=1S/C22H25N3O3S2/c1-2-11-25-21(17-29-22(25)23-19-8-4-3-5-9-19)18-7-6-10-20(16-18)30(26,27)24-12-14-28-15-13-24/h3-10,16-17H,2,11-15H2,1H3. The first-order valence-electron chi connectivity index (χ1n) is 10.1. The van der Waals surface area contributed by atoms with Gasteiger partial charge < -0.3 is 9.30 Å². The van der Waals surface area contributed by atoms with E-state index < -0.39 is 10.0 Å². The molecule has 8 heteroatoms. The van der Waals surface area contributed by atoms with E-state index in [1.807, 2.05) is 42.5 Å². The lowest BCUT2D eigenvalue weighted by molar-refractivity contribution is 0.0730. The van der Waals surface area contributed by atoms with E-state index in [-0.39, 0.29) is 0 Å². The summed E-state index contributed by atoms with van der Waals surface area (Å²) >= 11 is 1.57. The molecule has 6 nitrogen and oxygen atoms in total. The lowest BCUT2D eigenvalue weighted by Crippen LogP contribution is -2.40. The normalized spacial score (nSPS) is 16.1. The summed E-state index contributed by atoms with van der Waals surface area (Å²) in [7, 11) is -3.54. The van der Waals surface area contributed by atoms with Crippen LogP contribution in [0.15, 0.2) is 69.9 Å². The van der Waals surface area contributed by atoms with Crippen molar-refractivity contribution in [1.29, 1.82) is 0 Å². The van der Waals surface area contributed by atoms with Gasteiger partial charge in [0, 0.05) is 30.6 Å². The Bertz CT molecular complexity index is 1160. The second-order valence-corrected chi connectivity index (χ2v) is 9.82. The molecule has 1 fully saturated rings. The van der Waals surface area contributed by atoms with Gasteiger partial charge in [-0.1, -0.05) is 37.3 Å². The Labute approximate surface area is 181 Å². The molecule has 0 atom stereocenters. The number of rotatable bonds is 6. The molecular weight excluding hydrogens is 418 g/mol. The fourth-order valence-corrected chi connectivity index (χ4v) is 5.86. The Morgan fingerprint density at radius 2 is 1.83 bits per heavy atom. The van der Waals surface area contributed by atoms with Gasteiger partial charge >= 0.3 is 0 Å². The summed E-state index contributed by atoms with van der Waals surface area (Å²) in [6.45, 7) is 4.58. The van der Waals surface area contributed by atoms with Crippen molar-refractivity contribution in [3.63, 3.8) is 0 Å². The van der Waals surface area contributed by atoms with Crippen LogP contribution in [0.25, 0.3) is 11.3 Å². The molecule has 0 aliphatic carbocycles. The summed E-state index contributed by atoms with van der Waals surface area (Å²) in [4.78, 5) is 6.01. The summed E-state index contributed by atoms with van der Waals surface area (Å²) in [6.07, 6.45) is 0.956. The SMILES string of the molecule is CCCn1c(-c2cccc(S(=O)(=O)N3CCOCC3)c2)csc1=Nc1ccccc1. The molecule has 0 spiro atoms. The van der Waals surface area contributed by atoms with Gasteiger partial charge in [-0.2, -0.15) is 4.31 Å². The fourth-order valence-electron chi connectivity index (χ4n) is 3.45. The van der Waals surface area contributed by atoms with Crippen molar-refractivity contribution >= 4 is 27.0 Å². The molecule has 1 aliphatic rings. The number of aromatic nitrogens is 1. The molecule has 1 saturated heterocycles. The number of nitrogens with zero attached hydrogens (tertiary/aromatic N) is 3. The van der Waals surface area contributed by atoms with Gasteiger partial charge in [0.2, 0.25) is 10.0 Å². The van der Waals surface area contributed by atoms with Crippen LogP contribution in [-0.2, 0) is 21.3 Å². The van der Waals surface area contributed by atoms with Crippen LogP contribution >= 0.6 is 11.3 Å². The quantitative estimate of drug-likeness (QED) is 0.581. The Balaban J connectivity index is 1.74. The van der Waals surface area contributed by atoms with Gasteiger partial charge in [0.15, 0.2) is 4.80 Å². The third-order valence-electron chi connectivity index (χ3n) is 4.96. The van der Waals surface area contributed by atoms with E-state index in [1.165, 1.54) is 4.31 Å². The number of para-hydroxylation sites is 1. The summed E-state index contributed by atoms with van der Waals surface area (Å²) in [6, 6.07) is 17.1. The first-order chi connectivity index (χ1) is 14.6. The zero-order valence-electron chi connectivity index (χ0n) is 16.9. The summed E-state index contributed by atoms with van der Waals surface area (Å²) < 4.78 is 35.1. The summed E-state index contributed by atoms with van der Waals surface area (Å²) in [5, 5.41) is 2.05. The number of ether oxygens (including phenoxy) is 1. The van der Waals surface area contributed by atoms with E-state index >= 15 is 0 Å². The maximum absolute atomic E-state index is 13.1. The summed E-state index contributed by atoms with van der Waals surface area (Å²) in [5.41, 5.74) is 2.76. The third kappa shape index (κ3) is 4.41. The first-order valence-corrected chi connectivity index (χ1v) is 12.4. The fraction of sp³-hybridized carbons (Fsp3) is 0.318. The second-order valence-electron chi connectivity index (χ2n) is 7.05. The van der Waals surface area contributed by atoms with Crippen LogP contribution in [0.4, 0.5) is 5.69 Å². The maximum Gasteiger partial charge on any atom is 0.243 e. The van der Waals surface area contributed by atoms with Gasteiger partial charge in [-0.05, 0) is 30.7 Å². The molecule has 3 aromatic rings. The van der Waals surface area contributed by atoms with Crippen molar-refractivity contribution in [3.8, 4) is 11.3 Å². The number of benzene rings is 2. The van der Waals surface area contributed by atoms with Gasteiger partial charge in [-0.25, -0.2) is 13.4 Å². The predicted octanol–water partition coefficient (Wildman–Crippen LogP) is 3.88. The van der Waals surface area contributed by atoms with Crippen molar-refractivity contribution < 1.29 is 13.2 Å². The van der Waals surface area contributed by atoms with E-state index in [2.05, 4.69) is 16.9 Å². The van der Waals surface area contributed by atoms with E-state index in [9.17, 15) is 8.42 Å². The lowest BCUT2D eigenvalue weighted by Gasteiger charge is -2.26. The van der Waals surface area contributed by atoms with E-state index in [1.54, 1.807) is 23.5 Å². The van der Waals surface area contributed by atoms with Crippen molar-refractivity contribution in [2.24, 2.45) is 4.99 Å². The highest BCUT2D eigenvalue weighted by Crippen LogP contribution is 2.26. The van der Waals surface area contributed by atoms with Gasteiger partial charge in [0.25, 0.3) is 0 Å². The maximum atomic E-state index is 13.1. The Hall–Kier alpha value is -2.26. The molecule has 0 N–H and O–H groups in total. The van der Waals surface area contributed by atoms with E-state index in [4.69, 9.17) is 9.73 Å². The molecule has 2 heterocycles. The average Bonchev–Trinajstić information content (AvgIpc) is 3.17. The molecule has 0 saturated carbocycles. The number of thiazole rings is 1. The molecular formula is C22H25N3O3S2. The van der Waals surface area contributed by atoms with Gasteiger partial charge in [0.1, 0.15) is 0 Å². The minimum atomic E-state index is -3.54. The largest absolute Gasteiger partial charge is 0.379 e. The number of sulfonamides is 1. The Morgan fingerprint density at radius 3 is 2.57 bits per heavy atom. The lowest BCUT2D eigenvalue weighted by atomic mass is 10.2. The first kappa shape index (κ1) is 21.0. The number of hydrogen-bond acceptors (Lipinski definition) is 5. The Kier molecular flexibility index (Phi) is 6.48. The van der Waals surface area contributed by atoms with Crippen LogP contribution in [0.3, 0.4) is 0 Å². The van der Waals surface area contributed by atoms with Gasteiger partial charge in [0.05, 0.1) is 29.5 Å². The highest BCUT2D eigenvalue weighted by molar-refractivity contribution is 7.89. The topological polar surface area (TPSA) is 63.9 Å². The van der Waals surface area contributed by atoms with Crippen molar-refractivity contribution in [2.75, 3.05) is 26.3 Å². The third-order valence-corrected chi connectivity index (χ3v) is 7.72. The minimum Gasteiger partial charge on any atom is -0.379 e. The monoisotopic (exact) mass is 443 g/mol. The zero-order valence-corrected chi connectivity index (χ0v) is 18.5. The molecule has 4 rings (SSSR count). The summed E-state index contributed by atoms with van der Waals surface area (Å²) in [5.74, 6) is 0. The molecule has 30 heavy (non-hydrogen) atoms. The minimum absolute atomic E-state index is 0.317. The molecule has 0 unspecified atom stereocenters. The van der Waals surface area contributed by atoms with Crippen LogP contribution in [0, 0.1) is 0 Å². The molecule has 2 aromatic carbocycles. The van der Waals surface area contributed by atoms with Crippen LogP contribution in [0.1, 0.15) is 13.3 Å². The van der Waals surface area contributed by atoms with Gasteiger partial charge in [-0.3, -0.25) is 0 Å². The zero-order chi connectivity index (χ0) is 21.0. The van der Waals surface area contributed by atoms with Crippen LogP contribution in [0.2, 0.25) is 0 Å². The molecule has 0 radical (unpaired) electrons. The predicted molar refractivity (Wildman–Crippen MR) is 119 cm³/mol. The highest BCUT2D eigenvalue weighted by atomic mass is 32.2.